The normalized spacial score (nSPS) is 11.8. The Labute approximate surface area is 189 Å². The van der Waals surface area contributed by atoms with Gasteiger partial charge in [-0.3, -0.25) is 4.79 Å². The van der Waals surface area contributed by atoms with Crippen molar-refractivity contribution in [1.29, 1.82) is 0 Å². The summed E-state index contributed by atoms with van der Waals surface area (Å²) in [4.78, 5) is 10.5. The summed E-state index contributed by atoms with van der Waals surface area (Å²) in [7, 11) is 0. The van der Waals surface area contributed by atoms with Crippen molar-refractivity contribution in [3.8, 4) is 0 Å². The Balaban J connectivity index is 2.48. The van der Waals surface area contributed by atoms with E-state index in [1.54, 1.807) is 0 Å². The van der Waals surface area contributed by atoms with Crippen molar-refractivity contribution in [1.82, 2.24) is 5.16 Å². The van der Waals surface area contributed by atoms with Crippen LogP contribution < -0.4 is 3.78 Å². The molecule has 0 aromatic carbocycles. The van der Waals surface area contributed by atoms with Gasteiger partial charge in [-0.25, -0.2) is 0 Å². The van der Waals surface area contributed by atoms with Crippen LogP contribution in [0.5, 0.6) is 0 Å². The van der Waals surface area contributed by atoms with Gasteiger partial charge in [0.15, 0.2) is 0 Å². The maximum absolute atomic E-state index is 10.5. The molecule has 0 atom stereocenters. The summed E-state index contributed by atoms with van der Waals surface area (Å²) in [5, 5.41) is 13.2. The van der Waals surface area contributed by atoms with Crippen molar-refractivity contribution in [3.05, 3.63) is 11.8 Å². The van der Waals surface area contributed by atoms with Crippen molar-refractivity contribution < 1.29 is 14.4 Å². The number of carboxylic acid groups (broad SMARTS) is 1. The number of hydrogen-bond donors (Lipinski definition) is 1. The molecule has 0 saturated carbocycles. The zero-order valence-corrected chi connectivity index (χ0v) is 22.9. The molecule has 0 aliphatic heterocycles. The maximum atomic E-state index is 10.5. The first-order chi connectivity index (χ1) is 14.6. The average molecular weight is 528 g/mol. The van der Waals surface area contributed by atoms with E-state index in [0.29, 0.717) is 6.42 Å². The van der Waals surface area contributed by atoms with Crippen molar-refractivity contribution >= 4 is 28.1 Å². The summed E-state index contributed by atoms with van der Waals surface area (Å²) in [5.74, 6) is -0.672. The van der Waals surface area contributed by atoms with E-state index < -0.39 is 24.3 Å². The third kappa shape index (κ3) is 11.2. The first-order valence-corrected chi connectivity index (χ1v) is 20.2. The van der Waals surface area contributed by atoms with Gasteiger partial charge in [0.2, 0.25) is 0 Å². The second-order valence-electron chi connectivity index (χ2n) is 9.14. The molecule has 0 unspecified atom stereocenters. The quantitative estimate of drug-likeness (QED) is 0.141. The van der Waals surface area contributed by atoms with Crippen LogP contribution >= 0.6 is 0 Å². The fraction of sp³-hybridized carbons (Fsp3) is 0.840. The van der Waals surface area contributed by atoms with Gasteiger partial charge < -0.3 is 5.11 Å². The Morgan fingerprint density at radius 1 is 0.833 bits per heavy atom. The second kappa shape index (κ2) is 17.1. The Morgan fingerprint density at radius 3 is 1.83 bits per heavy atom. The first kappa shape index (κ1) is 27.5. The molecule has 0 aliphatic rings. The molecule has 0 amide bonds. The second-order valence-corrected chi connectivity index (χ2v) is 22.1. The molecule has 1 rings (SSSR count). The van der Waals surface area contributed by atoms with Crippen molar-refractivity contribution in [2.45, 2.75) is 130 Å². The topological polar surface area (TPSA) is 63.3 Å². The van der Waals surface area contributed by atoms with Gasteiger partial charge >= 0.3 is 180 Å². The van der Waals surface area contributed by atoms with E-state index in [4.69, 9.17) is 9.63 Å². The minimum atomic E-state index is -2.46. The molecule has 0 fully saturated rings. The summed E-state index contributed by atoms with van der Waals surface area (Å²) in [6.45, 7) is 6.94. The third-order valence-electron chi connectivity index (χ3n) is 6.43. The van der Waals surface area contributed by atoms with E-state index in [9.17, 15) is 4.79 Å². The average Bonchev–Trinajstić information content (AvgIpc) is 3.21. The van der Waals surface area contributed by atoms with Crippen LogP contribution in [0.25, 0.3) is 0 Å². The number of carbonyl (C=O) groups is 1. The van der Waals surface area contributed by atoms with Gasteiger partial charge in [-0.15, -0.1) is 0 Å². The summed E-state index contributed by atoms with van der Waals surface area (Å²) < 4.78 is 11.7. The zero-order valence-electron chi connectivity index (χ0n) is 20.0. The Bertz CT molecular complexity index is 537. The van der Waals surface area contributed by atoms with Crippen molar-refractivity contribution in [2.75, 3.05) is 0 Å². The van der Waals surface area contributed by atoms with Crippen molar-refractivity contribution in [2.24, 2.45) is 0 Å². The molecular weight excluding hydrogens is 481 g/mol. The van der Waals surface area contributed by atoms with Crippen LogP contribution in [0.2, 0.25) is 13.3 Å². The molecule has 4 nitrogen and oxygen atoms in total. The van der Waals surface area contributed by atoms with E-state index in [1.807, 2.05) is 0 Å². The van der Waals surface area contributed by atoms with Crippen LogP contribution in [-0.2, 0) is 11.2 Å². The number of carboxylic acids is 1. The molecule has 1 aromatic heterocycles. The van der Waals surface area contributed by atoms with Crippen molar-refractivity contribution in [3.63, 3.8) is 0 Å². The van der Waals surface area contributed by atoms with Gasteiger partial charge in [-0.1, -0.05) is 0 Å². The number of unbranched alkanes of at least 4 members (excludes halogenated alkanes) is 9. The Morgan fingerprint density at radius 2 is 1.33 bits per heavy atom. The van der Waals surface area contributed by atoms with Gasteiger partial charge in [-0.2, -0.15) is 0 Å². The Hall–Kier alpha value is -0.521. The molecule has 0 radical (unpaired) electrons. The Kier molecular flexibility index (Phi) is 15.7. The molecule has 30 heavy (non-hydrogen) atoms. The summed E-state index contributed by atoms with van der Waals surface area (Å²) in [6.07, 6.45) is 17.2. The number of aliphatic carboxylic acids is 1. The molecular formula is C25H47NO3Sn. The molecule has 1 N–H and O–H groups in total. The van der Waals surface area contributed by atoms with Gasteiger partial charge in [0.05, 0.1) is 0 Å². The fourth-order valence-electron chi connectivity index (χ4n) is 4.44. The van der Waals surface area contributed by atoms with Gasteiger partial charge in [0, 0.05) is 0 Å². The van der Waals surface area contributed by atoms with Gasteiger partial charge in [0.25, 0.3) is 0 Å². The molecule has 0 spiro atoms. The molecule has 0 bridgehead atoms. The van der Waals surface area contributed by atoms with Crippen LogP contribution in [0.4, 0.5) is 0 Å². The molecule has 1 aromatic rings. The minimum absolute atomic E-state index is 0.315. The molecule has 1 heterocycles. The predicted octanol–water partition coefficient (Wildman–Crippen LogP) is 7.48. The number of rotatable bonds is 20. The standard InChI is InChI=1S/C13H20NO3.3C4H9.Sn/c15-13(16)9-7-5-3-1-2-4-6-8-12-10-11-17-14-12;3*1-3-4-2;/h10H,1-9H2,(H,15,16);3*1,3-4H2,2H3;. The molecule has 0 aliphatic carbocycles. The summed E-state index contributed by atoms with van der Waals surface area (Å²) in [5.41, 5.74) is 1.18. The van der Waals surface area contributed by atoms with E-state index in [2.05, 4.69) is 32.0 Å². The predicted molar refractivity (Wildman–Crippen MR) is 129 cm³/mol. The van der Waals surface area contributed by atoms with Gasteiger partial charge in [0.1, 0.15) is 0 Å². The van der Waals surface area contributed by atoms with Crippen LogP contribution in [0.1, 0.15) is 116 Å². The number of aromatic nitrogens is 1. The van der Waals surface area contributed by atoms with Crippen LogP contribution in [0, 0.1) is 0 Å². The third-order valence-corrected chi connectivity index (χ3v) is 21.3. The molecule has 174 valence electrons. The van der Waals surface area contributed by atoms with Crippen LogP contribution in [0.15, 0.2) is 10.6 Å². The molecule has 0 saturated heterocycles. The number of hydrogen-bond acceptors (Lipinski definition) is 3. The summed E-state index contributed by atoms with van der Waals surface area (Å²) in [6, 6.07) is 2.36. The monoisotopic (exact) mass is 529 g/mol. The zero-order chi connectivity index (χ0) is 22.1. The van der Waals surface area contributed by atoms with E-state index in [1.165, 1.54) is 87.0 Å². The van der Waals surface area contributed by atoms with Gasteiger partial charge in [-0.05, 0) is 0 Å². The fourth-order valence-corrected chi connectivity index (χ4v) is 19.5. The first-order valence-electron chi connectivity index (χ1n) is 12.8. The SMILES string of the molecule is CCC[CH2][Sn]([CH2]CCC)([CH2]CCC)[c]1cc(CCCCCCCCCC(=O)O)no1. The van der Waals surface area contributed by atoms with Crippen LogP contribution in [0.3, 0.4) is 0 Å². The van der Waals surface area contributed by atoms with E-state index in [-0.39, 0.29) is 0 Å². The van der Waals surface area contributed by atoms with Crippen LogP contribution in [-0.4, -0.2) is 34.6 Å². The molecule has 5 heteroatoms. The number of nitrogens with zero attached hydrogens (tertiary/aromatic N) is 1. The van der Waals surface area contributed by atoms with E-state index in [0.717, 1.165) is 25.7 Å². The van der Waals surface area contributed by atoms with E-state index >= 15 is 0 Å². The summed E-state index contributed by atoms with van der Waals surface area (Å²) >= 11 is -2.46. The number of aryl methyl sites for hydroxylation is 1.